The summed E-state index contributed by atoms with van der Waals surface area (Å²) < 4.78 is 0. The molecule has 0 aromatic heterocycles. The van der Waals surface area contributed by atoms with Gasteiger partial charge < -0.3 is 15.1 Å². The number of likely N-dealkylation sites (tertiary alicyclic amines) is 1. The maximum absolute atomic E-state index is 12.7. The van der Waals surface area contributed by atoms with Crippen LogP contribution < -0.4 is 5.32 Å². The largest absolute Gasteiger partial charge is 0.341 e. The first kappa shape index (κ1) is 13.4. The van der Waals surface area contributed by atoms with Gasteiger partial charge in [-0.3, -0.25) is 4.79 Å². The van der Waals surface area contributed by atoms with Crippen LogP contribution in [0.1, 0.15) is 32.1 Å². The van der Waals surface area contributed by atoms with E-state index in [4.69, 9.17) is 0 Å². The minimum absolute atomic E-state index is 0.343. The molecule has 2 atom stereocenters. The van der Waals surface area contributed by atoms with E-state index >= 15 is 0 Å². The first-order valence-electron chi connectivity index (χ1n) is 7.78. The average Bonchev–Trinajstić information content (AvgIpc) is 3.12. The summed E-state index contributed by atoms with van der Waals surface area (Å²) in [5.74, 6) is 0.795. The van der Waals surface area contributed by atoms with Gasteiger partial charge in [0, 0.05) is 25.0 Å². The van der Waals surface area contributed by atoms with E-state index in [1.165, 1.54) is 19.3 Å². The van der Waals surface area contributed by atoms with E-state index in [0.717, 1.165) is 39.0 Å². The molecule has 1 saturated carbocycles. The van der Waals surface area contributed by atoms with Gasteiger partial charge in [0.1, 0.15) is 0 Å². The zero-order valence-corrected chi connectivity index (χ0v) is 12.3. The van der Waals surface area contributed by atoms with Crippen molar-refractivity contribution in [1.29, 1.82) is 0 Å². The molecule has 2 heterocycles. The molecule has 108 valence electrons. The van der Waals surface area contributed by atoms with Gasteiger partial charge in [0.15, 0.2) is 0 Å². The molecule has 2 aliphatic heterocycles. The number of hydrogen-bond acceptors (Lipinski definition) is 3. The van der Waals surface area contributed by atoms with Gasteiger partial charge in [-0.25, -0.2) is 0 Å². The molecule has 2 saturated heterocycles. The minimum Gasteiger partial charge on any atom is -0.341 e. The normalized spacial score (nSPS) is 33.7. The fourth-order valence-corrected chi connectivity index (χ4v) is 3.97. The Kier molecular flexibility index (Phi) is 3.56. The van der Waals surface area contributed by atoms with E-state index in [1.807, 2.05) is 0 Å². The van der Waals surface area contributed by atoms with Crippen molar-refractivity contribution in [2.24, 2.45) is 11.3 Å². The van der Waals surface area contributed by atoms with Gasteiger partial charge in [-0.05, 0) is 64.7 Å². The van der Waals surface area contributed by atoms with E-state index < -0.39 is 0 Å². The number of rotatable bonds is 2. The number of piperidine rings is 2. The summed E-state index contributed by atoms with van der Waals surface area (Å²) >= 11 is 0. The maximum atomic E-state index is 12.7. The van der Waals surface area contributed by atoms with Crippen LogP contribution in [0.25, 0.3) is 0 Å². The summed E-state index contributed by atoms with van der Waals surface area (Å²) in [6.45, 7) is 4.12. The molecule has 4 nitrogen and oxygen atoms in total. The molecule has 0 bridgehead atoms. The molecule has 2 unspecified atom stereocenters. The van der Waals surface area contributed by atoms with Crippen LogP contribution in [0.4, 0.5) is 0 Å². The summed E-state index contributed by atoms with van der Waals surface area (Å²) in [6, 6.07) is 0.556. The summed E-state index contributed by atoms with van der Waals surface area (Å²) in [7, 11) is 4.26. The number of nitrogens with zero attached hydrogens (tertiary/aromatic N) is 2. The lowest BCUT2D eigenvalue weighted by atomic mass is 9.91. The molecule has 1 N–H and O–H groups in total. The topological polar surface area (TPSA) is 35.6 Å². The zero-order chi connectivity index (χ0) is 13.5. The van der Waals surface area contributed by atoms with Gasteiger partial charge in [0.2, 0.25) is 5.91 Å². The van der Waals surface area contributed by atoms with Gasteiger partial charge >= 0.3 is 0 Å². The second-order valence-corrected chi connectivity index (χ2v) is 6.91. The van der Waals surface area contributed by atoms with Crippen molar-refractivity contribution in [3.63, 3.8) is 0 Å². The first-order valence-corrected chi connectivity index (χ1v) is 7.78. The highest BCUT2D eigenvalue weighted by Crippen LogP contribution is 2.59. The highest BCUT2D eigenvalue weighted by atomic mass is 16.2. The van der Waals surface area contributed by atoms with Crippen LogP contribution in [0.2, 0.25) is 0 Å². The van der Waals surface area contributed by atoms with Crippen molar-refractivity contribution < 1.29 is 4.79 Å². The van der Waals surface area contributed by atoms with Crippen LogP contribution in [-0.2, 0) is 4.79 Å². The monoisotopic (exact) mass is 265 g/mol. The lowest BCUT2D eigenvalue weighted by molar-refractivity contribution is -0.135. The molecule has 19 heavy (non-hydrogen) atoms. The molecule has 3 aliphatic rings. The molecule has 1 aliphatic carbocycles. The summed E-state index contributed by atoms with van der Waals surface area (Å²) in [5, 5.41) is 3.41. The SMILES string of the molecule is CN(C)C1CCCN(C(=O)C2CC23CCNCC3)C1. The number of carbonyl (C=O) groups excluding carboxylic acids is 1. The lowest BCUT2D eigenvalue weighted by Crippen LogP contribution is -2.48. The van der Waals surface area contributed by atoms with Crippen LogP contribution in [0, 0.1) is 11.3 Å². The molecule has 0 aromatic carbocycles. The second kappa shape index (κ2) is 5.06. The Bertz CT molecular complexity index is 349. The number of amides is 1. The van der Waals surface area contributed by atoms with Gasteiger partial charge in [-0.15, -0.1) is 0 Å². The summed E-state index contributed by atoms with van der Waals surface area (Å²) in [4.78, 5) is 17.1. The predicted molar refractivity (Wildman–Crippen MR) is 75.9 cm³/mol. The maximum Gasteiger partial charge on any atom is 0.226 e. The van der Waals surface area contributed by atoms with Crippen molar-refractivity contribution in [3.05, 3.63) is 0 Å². The third-order valence-electron chi connectivity index (χ3n) is 5.53. The Morgan fingerprint density at radius 3 is 2.74 bits per heavy atom. The Morgan fingerprint density at radius 2 is 2.05 bits per heavy atom. The van der Waals surface area contributed by atoms with Gasteiger partial charge in [-0.2, -0.15) is 0 Å². The number of carbonyl (C=O) groups is 1. The number of nitrogens with one attached hydrogen (secondary N) is 1. The van der Waals surface area contributed by atoms with Crippen LogP contribution in [-0.4, -0.2) is 62.0 Å². The molecule has 4 heteroatoms. The fourth-order valence-electron chi connectivity index (χ4n) is 3.97. The highest BCUT2D eigenvalue weighted by molar-refractivity contribution is 5.83. The Balaban J connectivity index is 1.59. The van der Waals surface area contributed by atoms with E-state index in [0.29, 0.717) is 23.3 Å². The van der Waals surface area contributed by atoms with Crippen molar-refractivity contribution in [2.75, 3.05) is 40.3 Å². The van der Waals surface area contributed by atoms with E-state index in [9.17, 15) is 4.79 Å². The van der Waals surface area contributed by atoms with Crippen molar-refractivity contribution >= 4 is 5.91 Å². The van der Waals surface area contributed by atoms with Gasteiger partial charge in [-0.1, -0.05) is 0 Å². The van der Waals surface area contributed by atoms with Crippen LogP contribution >= 0.6 is 0 Å². The molecular formula is C15H27N3O. The molecule has 3 fully saturated rings. The molecular weight excluding hydrogens is 238 g/mol. The Hall–Kier alpha value is -0.610. The minimum atomic E-state index is 0.343. The fraction of sp³-hybridized carbons (Fsp3) is 0.933. The molecule has 3 rings (SSSR count). The van der Waals surface area contributed by atoms with E-state index in [2.05, 4.69) is 29.2 Å². The van der Waals surface area contributed by atoms with E-state index in [1.54, 1.807) is 0 Å². The summed E-state index contributed by atoms with van der Waals surface area (Å²) in [5.41, 5.74) is 0.382. The zero-order valence-electron chi connectivity index (χ0n) is 12.3. The molecule has 1 amide bonds. The molecule has 0 radical (unpaired) electrons. The standard InChI is InChI=1S/C15H27N3O/c1-17(2)12-4-3-9-18(11-12)14(19)13-10-15(13)5-7-16-8-6-15/h12-13,16H,3-11H2,1-2H3. The predicted octanol–water partition coefficient (Wildman–Crippen LogP) is 0.929. The number of hydrogen-bond donors (Lipinski definition) is 1. The van der Waals surface area contributed by atoms with Gasteiger partial charge in [0.05, 0.1) is 0 Å². The van der Waals surface area contributed by atoms with Crippen LogP contribution in [0.3, 0.4) is 0 Å². The van der Waals surface area contributed by atoms with Crippen molar-refractivity contribution in [1.82, 2.24) is 15.1 Å². The van der Waals surface area contributed by atoms with Crippen molar-refractivity contribution in [2.45, 2.75) is 38.1 Å². The number of likely N-dealkylation sites (N-methyl/N-ethyl adjacent to an activating group) is 1. The smallest absolute Gasteiger partial charge is 0.226 e. The first-order chi connectivity index (χ1) is 9.12. The highest BCUT2D eigenvalue weighted by Gasteiger charge is 2.58. The third kappa shape index (κ3) is 2.52. The van der Waals surface area contributed by atoms with Crippen molar-refractivity contribution in [3.8, 4) is 0 Å². The lowest BCUT2D eigenvalue weighted by Gasteiger charge is -2.37. The van der Waals surface area contributed by atoms with E-state index in [-0.39, 0.29) is 0 Å². The summed E-state index contributed by atoms with van der Waals surface area (Å²) in [6.07, 6.45) is 5.95. The quantitative estimate of drug-likeness (QED) is 0.807. The Morgan fingerprint density at radius 1 is 1.32 bits per heavy atom. The molecule has 1 spiro atoms. The second-order valence-electron chi connectivity index (χ2n) is 6.91. The molecule has 0 aromatic rings. The third-order valence-corrected chi connectivity index (χ3v) is 5.53. The van der Waals surface area contributed by atoms with Crippen LogP contribution in [0.15, 0.2) is 0 Å². The van der Waals surface area contributed by atoms with Crippen LogP contribution in [0.5, 0.6) is 0 Å². The average molecular weight is 265 g/mol. The van der Waals surface area contributed by atoms with Gasteiger partial charge in [0.25, 0.3) is 0 Å². The Labute approximate surface area is 116 Å².